The van der Waals surface area contributed by atoms with E-state index in [-0.39, 0.29) is 23.3 Å². The third-order valence-electron chi connectivity index (χ3n) is 5.64. The third-order valence-corrected chi connectivity index (χ3v) is 5.64. The smallest absolute Gasteiger partial charge is 0.280 e. The first-order chi connectivity index (χ1) is 15.5. The third kappa shape index (κ3) is 4.49. The van der Waals surface area contributed by atoms with E-state index in [1.807, 2.05) is 6.92 Å². The summed E-state index contributed by atoms with van der Waals surface area (Å²) < 4.78 is 39.3. The Balaban J connectivity index is 1.51. The molecule has 0 saturated carbocycles. The average molecular weight is 445 g/mol. The molecule has 3 aromatic rings. The van der Waals surface area contributed by atoms with Crippen LogP contribution in [0.2, 0.25) is 0 Å². The Morgan fingerprint density at radius 3 is 2.84 bits per heavy atom. The summed E-state index contributed by atoms with van der Waals surface area (Å²) in [6.45, 7) is 2.86. The highest BCUT2D eigenvalue weighted by atomic mass is 19.3. The molecule has 2 atom stereocenters. The number of amides is 1. The number of hydrogen-bond acceptors (Lipinski definition) is 6. The molecule has 8 nitrogen and oxygen atoms in total. The summed E-state index contributed by atoms with van der Waals surface area (Å²) in [4.78, 5) is 23.3. The largest absolute Gasteiger partial charge is 0.497 e. The fourth-order valence-corrected chi connectivity index (χ4v) is 3.99. The molecule has 2 aromatic heterocycles. The Kier molecular flexibility index (Phi) is 6.48. The van der Waals surface area contributed by atoms with Crippen molar-refractivity contribution in [3.63, 3.8) is 0 Å². The molecule has 4 rings (SSSR count). The molecule has 170 valence electrons. The van der Waals surface area contributed by atoms with E-state index in [0.717, 1.165) is 17.4 Å². The number of rotatable bonds is 7. The zero-order chi connectivity index (χ0) is 22.7. The standard InChI is InChI=1S/C22H25F2N5O3/c1-3-19(32-16-8-4-7-15(10-16)31-2)21(30)28-9-5-6-14(12-28)17-11-18(20(23)24)29-22(27-17)25-13-26-29/h4,7-8,10-11,13-14,19-20H,3,5-6,9,12H2,1-2H3/t14-,19-/m1/s1. The first kappa shape index (κ1) is 21.9. The van der Waals surface area contributed by atoms with Gasteiger partial charge in [0, 0.05) is 25.1 Å². The zero-order valence-corrected chi connectivity index (χ0v) is 17.9. The Morgan fingerprint density at radius 1 is 1.28 bits per heavy atom. The van der Waals surface area contributed by atoms with Gasteiger partial charge in [-0.1, -0.05) is 13.0 Å². The average Bonchev–Trinajstić information content (AvgIpc) is 3.30. The second kappa shape index (κ2) is 9.46. The molecule has 32 heavy (non-hydrogen) atoms. The predicted octanol–water partition coefficient (Wildman–Crippen LogP) is 3.63. The second-order valence-corrected chi connectivity index (χ2v) is 7.70. The lowest BCUT2D eigenvalue weighted by molar-refractivity contribution is -0.140. The molecule has 3 heterocycles. The van der Waals surface area contributed by atoms with Crippen molar-refractivity contribution >= 4 is 11.7 Å². The first-order valence-corrected chi connectivity index (χ1v) is 10.6. The van der Waals surface area contributed by atoms with Gasteiger partial charge in [0.2, 0.25) is 0 Å². The molecule has 1 fully saturated rings. The number of nitrogens with zero attached hydrogens (tertiary/aromatic N) is 5. The van der Waals surface area contributed by atoms with Crippen molar-refractivity contribution in [2.45, 2.75) is 44.6 Å². The summed E-state index contributed by atoms with van der Waals surface area (Å²) in [5, 5.41) is 3.83. The minimum Gasteiger partial charge on any atom is -0.497 e. The van der Waals surface area contributed by atoms with Crippen LogP contribution in [0.1, 0.15) is 49.9 Å². The number of carbonyl (C=O) groups excluding carboxylic acids is 1. The molecule has 10 heteroatoms. The summed E-state index contributed by atoms with van der Waals surface area (Å²) in [6, 6.07) is 8.49. The van der Waals surface area contributed by atoms with Gasteiger partial charge in [0.25, 0.3) is 18.1 Å². The van der Waals surface area contributed by atoms with Crippen LogP contribution >= 0.6 is 0 Å². The van der Waals surface area contributed by atoms with E-state index < -0.39 is 12.5 Å². The van der Waals surface area contributed by atoms with E-state index in [9.17, 15) is 13.6 Å². The lowest BCUT2D eigenvalue weighted by Crippen LogP contribution is -2.46. The molecule has 1 amide bonds. The van der Waals surface area contributed by atoms with E-state index in [4.69, 9.17) is 9.47 Å². The lowest BCUT2D eigenvalue weighted by atomic mass is 9.93. The van der Waals surface area contributed by atoms with Crippen LogP contribution in [0, 0.1) is 0 Å². The van der Waals surface area contributed by atoms with Gasteiger partial charge in [-0.2, -0.15) is 14.6 Å². The van der Waals surface area contributed by atoms with Crippen molar-refractivity contribution in [3.05, 3.63) is 48.0 Å². The molecular formula is C22H25F2N5O3. The van der Waals surface area contributed by atoms with Gasteiger partial charge in [0.15, 0.2) is 6.10 Å². The summed E-state index contributed by atoms with van der Waals surface area (Å²) >= 11 is 0. The Morgan fingerprint density at radius 2 is 2.09 bits per heavy atom. The van der Waals surface area contributed by atoms with Gasteiger partial charge in [-0.3, -0.25) is 4.79 Å². The highest BCUT2D eigenvalue weighted by molar-refractivity contribution is 5.81. The van der Waals surface area contributed by atoms with Gasteiger partial charge in [0.05, 0.1) is 12.8 Å². The minimum atomic E-state index is -2.71. The van der Waals surface area contributed by atoms with Crippen molar-refractivity contribution in [1.29, 1.82) is 0 Å². The SMILES string of the molecule is CC[C@@H](Oc1cccc(OC)c1)C(=O)N1CCC[C@@H](c2cc(C(F)F)n3ncnc3n2)C1. The van der Waals surface area contributed by atoms with Crippen molar-refractivity contribution in [3.8, 4) is 11.5 Å². The van der Waals surface area contributed by atoms with E-state index in [1.54, 1.807) is 36.3 Å². The van der Waals surface area contributed by atoms with Gasteiger partial charge < -0.3 is 14.4 Å². The number of hydrogen-bond donors (Lipinski definition) is 0. The van der Waals surface area contributed by atoms with E-state index >= 15 is 0 Å². The van der Waals surface area contributed by atoms with E-state index in [2.05, 4.69) is 15.1 Å². The highest BCUT2D eigenvalue weighted by Gasteiger charge is 2.31. The van der Waals surface area contributed by atoms with Gasteiger partial charge in [-0.25, -0.2) is 13.8 Å². The van der Waals surface area contributed by atoms with Crippen LogP contribution in [0.25, 0.3) is 5.78 Å². The number of halogens is 2. The molecule has 0 unspecified atom stereocenters. The van der Waals surface area contributed by atoms with Crippen molar-refractivity contribution in [2.24, 2.45) is 0 Å². The van der Waals surface area contributed by atoms with Gasteiger partial charge in [-0.05, 0) is 37.5 Å². The summed E-state index contributed by atoms with van der Waals surface area (Å²) in [5.74, 6) is 1.04. The summed E-state index contributed by atoms with van der Waals surface area (Å²) in [5.41, 5.74) is 0.249. The number of aromatic nitrogens is 4. The van der Waals surface area contributed by atoms with Crippen LogP contribution in [-0.4, -0.2) is 56.7 Å². The summed E-state index contributed by atoms with van der Waals surface area (Å²) in [7, 11) is 1.57. The summed E-state index contributed by atoms with van der Waals surface area (Å²) in [6.07, 6.45) is -0.160. The number of benzene rings is 1. The van der Waals surface area contributed by atoms with Crippen LogP contribution in [0.15, 0.2) is 36.7 Å². The molecule has 1 saturated heterocycles. The normalized spacial score (nSPS) is 17.5. The number of carbonyl (C=O) groups is 1. The van der Waals surface area contributed by atoms with Gasteiger partial charge in [-0.15, -0.1) is 0 Å². The predicted molar refractivity (Wildman–Crippen MR) is 112 cm³/mol. The van der Waals surface area contributed by atoms with Crippen LogP contribution in [0.4, 0.5) is 8.78 Å². The van der Waals surface area contributed by atoms with Crippen LogP contribution in [0.5, 0.6) is 11.5 Å². The van der Waals surface area contributed by atoms with E-state index in [0.29, 0.717) is 36.7 Å². The molecule has 0 bridgehead atoms. The zero-order valence-electron chi connectivity index (χ0n) is 17.9. The highest BCUT2D eigenvalue weighted by Crippen LogP contribution is 2.30. The maximum atomic E-state index is 13.5. The fourth-order valence-electron chi connectivity index (χ4n) is 3.99. The molecule has 0 radical (unpaired) electrons. The quantitative estimate of drug-likeness (QED) is 0.552. The lowest BCUT2D eigenvalue weighted by Gasteiger charge is -2.34. The minimum absolute atomic E-state index is 0.127. The number of likely N-dealkylation sites (tertiary alicyclic amines) is 1. The maximum absolute atomic E-state index is 13.5. The Bertz CT molecular complexity index is 1090. The number of ether oxygens (including phenoxy) is 2. The Labute approximate surface area is 184 Å². The van der Waals surface area contributed by atoms with Crippen molar-refractivity contribution in [2.75, 3.05) is 20.2 Å². The number of piperidine rings is 1. The monoisotopic (exact) mass is 445 g/mol. The Hall–Kier alpha value is -3.30. The molecule has 0 spiro atoms. The fraction of sp³-hybridized carbons (Fsp3) is 0.455. The van der Waals surface area contributed by atoms with Crippen LogP contribution in [-0.2, 0) is 4.79 Å². The van der Waals surface area contributed by atoms with Gasteiger partial charge in [0.1, 0.15) is 23.5 Å². The molecular weight excluding hydrogens is 420 g/mol. The number of methoxy groups -OCH3 is 1. The maximum Gasteiger partial charge on any atom is 0.280 e. The topological polar surface area (TPSA) is 81.9 Å². The second-order valence-electron chi connectivity index (χ2n) is 7.70. The van der Waals surface area contributed by atoms with Crippen molar-refractivity contribution < 1.29 is 23.0 Å². The number of fused-ring (bicyclic) bond motifs is 1. The van der Waals surface area contributed by atoms with E-state index in [1.165, 1.54) is 12.4 Å². The molecule has 1 aliphatic rings. The molecule has 0 aliphatic carbocycles. The first-order valence-electron chi connectivity index (χ1n) is 10.6. The molecule has 0 N–H and O–H groups in total. The number of alkyl halides is 2. The van der Waals surface area contributed by atoms with Crippen LogP contribution in [0.3, 0.4) is 0 Å². The molecule has 1 aromatic carbocycles. The van der Waals surface area contributed by atoms with Crippen LogP contribution < -0.4 is 9.47 Å². The van der Waals surface area contributed by atoms with Crippen molar-refractivity contribution in [1.82, 2.24) is 24.5 Å². The van der Waals surface area contributed by atoms with Gasteiger partial charge >= 0.3 is 0 Å². The molecule has 1 aliphatic heterocycles.